The lowest BCUT2D eigenvalue weighted by Gasteiger charge is -2.22. The molecule has 0 radical (unpaired) electrons. The van der Waals surface area contributed by atoms with Crippen LogP contribution in [-0.2, 0) is 4.79 Å². The summed E-state index contributed by atoms with van der Waals surface area (Å²) in [6.07, 6.45) is 0. The third-order valence-corrected chi connectivity index (χ3v) is 7.63. The van der Waals surface area contributed by atoms with Gasteiger partial charge in [-0.05, 0) is 61.7 Å². The number of nitrogens with zero attached hydrogens (tertiary/aromatic N) is 2. The molecule has 0 spiro atoms. The zero-order chi connectivity index (χ0) is 26.6. The lowest BCUT2D eigenvalue weighted by atomic mass is 9.97. The molecule has 37 heavy (non-hydrogen) atoms. The van der Waals surface area contributed by atoms with Gasteiger partial charge in [-0.1, -0.05) is 23.5 Å². The Kier molecular flexibility index (Phi) is 5.91. The highest BCUT2D eigenvalue weighted by atomic mass is 32.1. The van der Waals surface area contributed by atoms with Gasteiger partial charge in [-0.15, -0.1) is 0 Å². The SMILES string of the molecule is CC(=O)c1sc(N2C(=O)c3oc4cc(C)c(C)cc4c(=O)c3C2c2ccc(OCC(N)=O)cc2)nc1C. The predicted octanol–water partition coefficient (Wildman–Crippen LogP) is 3.99. The summed E-state index contributed by atoms with van der Waals surface area (Å²) in [7, 11) is 0. The lowest BCUT2D eigenvalue weighted by molar-refractivity contribution is -0.119. The molecule has 0 aliphatic carbocycles. The highest BCUT2D eigenvalue weighted by Gasteiger charge is 2.45. The van der Waals surface area contributed by atoms with E-state index < -0.39 is 17.9 Å². The number of anilines is 1. The maximum atomic E-state index is 13.8. The number of benzene rings is 2. The van der Waals surface area contributed by atoms with E-state index in [0.29, 0.717) is 32.9 Å². The number of fused-ring (bicyclic) bond motifs is 2. The molecule has 4 aromatic rings. The Morgan fingerprint density at radius 2 is 1.78 bits per heavy atom. The minimum atomic E-state index is -0.847. The quantitative estimate of drug-likeness (QED) is 0.382. The Morgan fingerprint density at radius 3 is 2.41 bits per heavy atom. The zero-order valence-electron chi connectivity index (χ0n) is 20.6. The van der Waals surface area contributed by atoms with Crippen LogP contribution in [0.25, 0.3) is 11.0 Å². The number of Topliss-reactive ketones (excluding diaryl/α,β-unsaturated/α-hetero) is 1. The van der Waals surface area contributed by atoms with Gasteiger partial charge in [0, 0.05) is 6.92 Å². The highest BCUT2D eigenvalue weighted by Crippen LogP contribution is 2.43. The van der Waals surface area contributed by atoms with Crippen LogP contribution in [-0.4, -0.2) is 29.2 Å². The molecular formula is C27H23N3O6S. The summed E-state index contributed by atoms with van der Waals surface area (Å²) < 4.78 is 11.4. The van der Waals surface area contributed by atoms with Crippen LogP contribution in [0, 0.1) is 20.8 Å². The van der Waals surface area contributed by atoms with Gasteiger partial charge in [-0.25, -0.2) is 4.98 Å². The summed E-state index contributed by atoms with van der Waals surface area (Å²) >= 11 is 1.09. The van der Waals surface area contributed by atoms with E-state index >= 15 is 0 Å². The number of carbonyl (C=O) groups is 3. The van der Waals surface area contributed by atoms with Crippen molar-refractivity contribution < 1.29 is 23.5 Å². The van der Waals surface area contributed by atoms with Gasteiger partial charge in [-0.2, -0.15) is 0 Å². The zero-order valence-corrected chi connectivity index (χ0v) is 21.4. The van der Waals surface area contributed by atoms with E-state index in [1.807, 2.05) is 13.8 Å². The number of hydrogen-bond acceptors (Lipinski definition) is 8. The number of nitrogens with two attached hydrogens (primary N) is 1. The molecule has 1 aliphatic rings. The number of hydrogen-bond donors (Lipinski definition) is 1. The van der Waals surface area contributed by atoms with Gasteiger partial charge in [0.05, 0.1) is 27.6 Å². The average molecular weight is 518 g/mol. The van der Waals surface area contributed by atoms with Crippen molar-refractivity contribution in [1.82, 2.24) is 4.98 Å². The van der Waals surface area contributed by atoms with E-state index in [1.54, 1.807) is 43.3 Å². The van der Waals surface area contributed by atoms with Crippen LogP contribution in [0.2, 0.25) is 0 Å². The minimum absolute atomic E-state index is 0.0583. The number of amides is 2. The third-order valence-electron chi connectivity index (χ3n) is 6.37. The molecule has 188 valence electrons. The van der Waals surface area contributed by atoms with Crippen LogP contribution in [0.1, 0.15) is 61.1 Å². The van der Waals surface area contributed by atoms with Crippen molar-refractivity contribution in [3.05, 3.63) is 85.2 Å². The molecule has 0 fully saturated rings. The summed E-state index contributed by atoms with van der Waals surface area (Å²) in [5, 5.41) is 0.664. The normalized spacial score (nSPS) is 14.8. The van der Waals surface area contributed by atoms with Crippen LogP contribution in [0.3, 0.4) is 0 Å². The third kappa shape index (κ3) is 4.09. The van der Waals surface area contributed by atoms with Crippen molar-refractivity contribution in [3.63, 3.8) is 0 Å². The van der Waals surface area contributed by atoms with Crippen molar-refractivity contribution >= 4 is 45.0 Å². The molecule has 10 heteroatoms. The van der Waals surface area contributed by atoms with Gasteiger partial charge >= 0.3 is 0 Å². The maximum Gasteiger partial charge on any atom is 0.297 e. The van der Waals surface area contributed by atoms with Crippen LogP contribution >= 0.6 is 11.3 Å². The number of rotatable bonds is 6. The first-order valence-electron chi connectivity index (χ1n) is 11.5. The Labute approximate surface area is 215 Å². The molecule has 1 atom stereocenters. The monoisotopic (exact) mass is 517 g/mol. The Bertz CT molecular complexity index is 1670. The molecule has 2 amide bonds. The Hall–Kier alpha value is -4.31. The van der Waals surface area contributed by atoms with Gasteiger partial charge in [0.15, 0.2) is 23.0 Å². The first-order valence-corrected chi connectivity index (χ1v) is 12.3. The maximum absolute atomic E-state index is 13.8. The predicted molar refractivity (Wildman–Crippen MR) is 139 cm³/mol. The van der Waals surface area contributed by atoms with Gasteiger partial charge in [0.2, 0.25) is 5.76 Å². The topological polar surface area (TPSA) is 133 Å². The molecular weight excluding hydrogens is 494 g/mol. The smallest absolute Gasteiger partial charge is 0.297 e. The first kappa shape index (κ1) is 24.4. The molecule has 5 rings (SSSR count). The molecule has 1 unspecified atom stereocenters. The Morgan fingerprint density at radius 1 is 1.11 bits per heavy atom. The molecule has 0 saturated heterocycles. The second kappa shape index (κ2) is 8.97. The van der Waals surface area contributed by atoms with Crippen molar-refractivity contribution in [2.24, 2.45) is 5.73 Å². The fraction of sp³-hybridized carbons (Fsp3) is 0.222. The van der Waals surface area contributed by atoms with Crippen LogP contribution in [0.5, 0.6) is 5.75 Å². The standard InChI is InChI=1S/C27H23N3O6S/c1-12-9-18-19(10-13(12)2)36-24-21(23(18)33)22(16-5-7-17(8-6-16)35-11-20(28)32)30(26(24)34)27-29-14(3)25(37-27)15(4)31/h5-10,22H,11H2,1-4H3,(H2,28,32). The Balaban J connectivity index is 1.72. The first-order chi connectivity index (χ1) is 17.6. The van der Waals surface area contributed by atoms with Gasteiger partial charge < -0.3 is 14.9 Å². The number of ether oxygens (including phenoxy) is 1. The van der Waals surface area contributed by atoms with Crippen LogP contribution < -0.4 is 20.8 Å². The molecule has 9 nitrogen and oxygen atoms in total. The number of carbonyl (C=O) groups excluding carboxylic acids is 3. The number of primary amides is 1. The summed E-state index contributed by atoms with van der Waals surface area (Å²) in [6.45, 7) is 6.67. The highest BCUT2D eigenvalue weighted by molar-refractivity contribution is 7.17. The second-order valence-corrected chi connectivity index (χ2v) is 9.95. The fourth-order valence-electron chi connectivity index (χ4n) is 4.45. The van der Waals surface area contributed by atoms with Crippen molar-refractivity contribution in [2.75, 3.05) is 11.5 Å². The lowest BCUT2D eigenvalue weighted by Crippen LogP contribution is -2.29. The minimum Gasteiger partial charge on any atom is -0.484 e. The molecule has 1 aliphatic heterocycles. The number of aryl methyl sites for hydroxylation is 3. The van der Waals surface area contributed by atoms with Crippen LogP contribution in [0.15, 0.2) is 45.6 Å². The molecule has 0 bridgehead atoms. The summed E-state index contributed by atoms with van der Waals surface area (Å²) in [5.74, 6) is -0.948. The summed E-state index contributed by atoms with van der Waals surface area (Å²) in [4.78, 5) is 57.1. The largest absolute Gasteiger partial charge is 0.484 e. The van der Waals surface area contributed by atoms with E-state index in [0.717, 1.165) is 22.5 Å². The van der Waals surface area contributed by atoms with E-state index in [4.69, 9.17) is 14.9 Å². The van der Waals surface area contributed by atoms with E-state index in [1.165, 1.54) is 11.8 Å². The second-order valence-electron chi connectivity index (χ2n) is 8.98. The van der Waals surface area contributed by atoms with Gasteiger partial charge in [0.1, 0.15) is 11.3 Å². The van der Waals surface area contributed by atoms with Crippen molar-refractivity contribution in [3.8, 4) is 5.75 Å². The number of ketones is 1. The van der Waals surface area contributed by atoms with Gasteiger partial charge in [0.25, 0.3) is 11.8 Å². The average Bonchev–Trinajstić information content (AvgIpc) is 3.37. The summed E-state index contributed by atoms with van der Waals surface area (Å²) in [6, 6.07) is 9.33. The number of thiazole rings is 1. The molecule has 3 heterocycles. The van der Waals surface area contributed by atoms with Gasteiger partial charge in [-0.3, -0.25) is 24.1 Å². The van der Waals surface area contributed by atoms with Crippen molar-refractivity contribution in [2.45, 2.75) is 33.7 Å². The number of aromatic nitrogens is 1. The molecule has 0 saturated carbocycles. The van der Waals surface area contributed by atoms with E-state index in [-0.39, 0.29) is 34.3 Å². The van der Waals surface area contributed by atoms with Crippen molar-refractivity contribution in [1.29, 1.82) is 0 Å². The molecule has 2 N–H and O–H groups in total. The summed E-state index contributed by atoms with van der Waals surface area (Å²) in [5.41, 5.74) is 8.33. The van der Waals surface area contributed by atoms with Crippen LogP contribution in [0.4, 0.5) is 5.13 Å². The molecule has 2 aromatic carbocycles. The molecule has 2 aromatic heterocycles. The van der Waals surface area contributed by atoms with E-state index in [9.17, 15) is 19.2 Å². The van der Waals surface area contributed by atoms with E-state index in [2.05, 4.69) is 4.98 Å². The fourth-order valence-corrected chi connectivity index (χ4v) is 5.44.